The topological polar surface area (TPSA) is 102 Å². The molecule has 1 N–H and O–H groups in total. The smallest absolute Gasteiger partial charge is 0.450 e. The lowest BCUT2D eigenvalue weighted by Gasteiger charge is -2.35. The lowest BCUT2D eigenvalue weighted by molar-refractivity contribution is -0.384. The zero-order valence-corrected chi connectivity index (χ0v) is 13.6. The number of non-ortho nitro benzene ring substituents is 1. The molecule has 1 atom stereocenters. The van der Waals surface area contributed by atoms with Crippen LogP contribution >= 0.6 is 0 Å². The van der Waals surface area contributed by atoms with Gasteiger partial charge in [0.15, 0.2) is 0 Å². The van der Waals surface area contributed by atoms with Gasteiger partial charge in [0, 0.05) is 31.7 Å². The molecule has 1 fully saturated rings. The fraction of sp³-hybridized carbons (Fsp3) is 0.562. The van der Waals surface area contributed by atoms with Gasteiger partial charge in [0.2, 0.25) is 0 Å². The molecule has 0 saturated carbocycles. The molecule has 1 aromatic rings. The fourth-order valence-electron chi connectivity index (χ4n) is 3.03. The second kappa shape index (κ2) is 8.60. The predicted molar refractivity (Wildman–Crippen MR) is 86.0 cm³/mol. The van der Waals surface area contributed by atoms with E-state index in [0.717, 1.165) is 32.5 Å². The Hall–Kier alpha value is -2.19. The number of hydrogen-bond acceptors (Lipinski definition) is 6. The van der Waals surface area contributed by atoms with Crippen LogP contribution in [0.15, 0.2) is 24.3 Å². The molecule has 8 nitrogen and oxygen atoms in total. The van der Waals surface area contributed by atoms with Gasteiger partial charge in [-0.15, -0.1) is 0 Å². The summed E-state index contributed by atoms with van der Waals surface area (Å²) in [6, 6.07) is 5.90. The van der Waals surface area contributed by atoms with Crippen LogP contribution in [-0.2, 0) is 9.47 Å². The first-order chi connectivity index (χ1) is 11.5. The third-order valence-corrected chi connectivity index (χ3v) is 4.33. The third-order valence-electron chi connectivity index (χ3n) is 4.33. The number of hydrogen-bond donors (Lipinski definition) is 1. The summed E-state index contributed by atoms with van der Waals surface area (Å²) in [6.07, 6.45) is -0.329. The summed E-state index contributed by atoms with van der Waals surface area (Å²) in [4.78, 5) is 23.6. The van der Waals surface area contributed by atoms with E-state index < -0.39 is 17.2 Å². The SMILES string of the molecule is COCCN1CCC(C(OC(=O)O)c2ccc([N+](=O)[O-])cc2)CC1. The quantitative estimate of drug-likeness (QED) is 0.463. The second-order valence-electron chi connectivity index (χ2n) is 5.82. The van der Waals surface area contributed by atoms with Gasteiger partial charge in [-0.2, -0.15) is 0 Å². The van der Waals surface area contributed by atoms with Crippen LogP contribution < -0.4 is 0 Å². The summed E-state index contributed by atoms with van der Waals surface area (Å²) < 4.78 is 10.2. The molecule has 132 valence electrons. The lowest BCUT2D eigenvalue weighted by atomic mass is 9.87. The van der Waals surface area contributed by atoms with Crippen molar-refractivity contribution in [1.29, 1.82) is 0 Å². The monoisotopic (exact) mass is 338 g/mol. The van der Waals surface area contributed by atoms with Gasteiger partial charge in [-0.05, 0) is 43.6 Å². The number of carboxylic acid groups (broad SMARTS) is 1. The highest BCUT2D eigenvalue weighted by Crippen LogP contribution is 2.34. The minimum Gasteiger partial charge on any atom is -0.450 e. The maximum atomic E-state index is 11.0. The van der Waals surface area contributed by atoms with Crippen LogP contribution in [0, 0.1) is 16.0 Å². The highest BCUT2D eigenvalue weighted by molar-refractivity contribution is 5.57. The number of ether oxygens (including phenoxy) is 2. The molecular weight excluding hydrogens is 316 g/mol. The summed E-state index contributed by atoms with van der Waals surface area (Å²) in [5.74, 6) is 0.0568. The molecule has 1 unspecified atom stereocenters. The summed E-state index contributed by atoms with van der Waals surface area (Å²) >= 11 is 0. The van der Waals surface area contributed by atoms with Crippen molar-refractivity contribution in [3.8, 4) is 0 Å². The Kier molecular flexibility index (Phi) is 6.51. The van der Waals surface area contributed by atoms with E-state index in [4.69, 9.17) is 14.6 Å². The van der Waals surface area contributed by atoms with Crippen LogP contribution in [-0.4, -0.2) is 54.4 Å². The molecule has 24 heavy (non-hydrogen) atoms. The molecule has 1 aliphatic heterocycles. The molecule has 0 aliphatic carbocycles. The van der Waals surface area contributed by atoms with Crippen LogP contribution in [0.1, 0.15) is 24.5 Å². The van der Waals surface area contributed by atoms with Gasteiger partial charge in [-0.25, -0.2) is 4.79 Å². The predicted octanol–water partition coefficient (Wildman–Crippen LogP) is 2.69. The van der Waals surface area contributed by atoms with E-state index in [0.29, 0.717) is 12.2 Å². The first-order valence-corrected chi connectivity index (χ1v) is 7.86. The van der Waals surface area contributed by atoms with Crippen molar-refractivity contribution in [1.82, 2.24) is 4.90 Å². The minimum absolute atomic E-state index is 0.0257. The van der Waals surface area contributed by atoms with Gasteiger partial charge in [-0.1, -0.05) is 0 Å². The largest absolute Gasteiger partial charge is 0.506 e. The average Bonchev–Trinajstić information content (AvgIpc) is 2.58. The molecule has 2 rings (SSSR count). The average molecular weight is 338 g/mol. The van der Waals surface area contributed by atoms with Gasteiger partial charge in [-0.3, -0.25) is 10.1 Å². The number of likely N-dealkylation sites (tertiary alicyclic amines) is 1. The number of nitro groups is 1. The van der Waals surface area contributed by atoms with Crippen molar-refractivity contribution in [3.63, 3.8) is 0 Å². The molecule has 0 amide bonds. The van der Waals surface area contributed by atoms with Crippen molar-refractivity contribution < 1.29 is 24.3 Å². The molecule has 0 radical (unpaired) electrons. The summed E-state index contributed by atoms with van der Waals surface area (Å²) in [6.45, 7) is 3.22. The van der Waals surface area contributed by atoms with Crippen molar-refractivity contribution in [2.24, 2.45) is 5.92 Å². The molecule has 0 spiro atoms. The fourth-order valence-corrected chi connectivity index (χ4v) is 3.03. The Morgan fingerprint density at radius 3 is 2.50 bits per heavy atom. The third kappa shape index (κ3) is 4.90. The Labute approximate surface area is 140 Å². The number of rotatable bonds is 7. The van der Waals surface area contributed by atoms with Gasteiger partial charge >= 0.3 is 6.16 Å². The zero-order valence-electron chi connectivity index (χ0n) is 13.6. The van der Waals surface area contributed by atoms with Crippen molar-refractivity contribution in [2.75, 3.05) is 33.4 Å². The number of carbonyl (C=O) groups is 1. The first-order valence-electron chi connectivity index (χ1n) is 7.86. The van der Waals surface area contributed by atoms with Crippen LogP contribution in [0.2, 0.25) is 0 Å². The van der Waals surface area contributed by atoms with E-state index >= 15 is 0 Å². The lowest BCUT2D eigenvalue weighted by Crippen LogP contribution is -2.38. The second-order valence-corrected chi connectivity index (χ2v) is 5.82. The molecule has 1 aromatic carbocycles. The van der Waals surface area contributed by atoms with Crippen molar-refractivity contribution in [2.45, 2.75) is 18.9 Å². The standard InChI is InChI=1S/C16H22N2O6/c1-23-11-10-17-8-6-13(7-9-17)15(24-16(19)20)12-2-4-14(5-3-12)18(21)22/h2-5,13,15H,6-11H2,1H3,(H,19,20). The summed E-state index contributed by atoms with van der Waals surface area (Å²) in [5, 5.41) is 19.8. The van der Waals surface area contributed by atoms with E-state index in [9.17, 15) is 14.9 Å². The van der Waals surface area contributed by atoms with E-state index in [-0.39, 0.29) is 11.6 Å². The number of methoxy groups -OCH3 is 1. The molecule has 0 aromatic heterocycles. The molecular formula is C16H22N2O6. The van der Waals surface area contributed by atoms with E-state index in [1.165, 1.54) is 12.1 Å². The Morgan fingerprint density at radius 2 is 2.00 bits per heavy atom. The Balaban J connectivity index is 2.06. The summed E-state index contributed by atoms with van der Waals surface area (Å²) in [5.41, 5.74) is 0.626. The maximum Gasteiger partial charge on any atom is 0.506 e. The van der Waals surface area contributed by atoms with E-state index in [2.05, 4.69) is 4.90 Å². The highest BCUT2D eigenvalue weighted by Gasteiger charge is 2.30. The number of nitro benzene ring substituents is 1. The highest BCUT2D eigenvalue weighted by atomic mass is 16.7. The van der Waals surface area contributed by atoms with Crippen molar-refractivity contribution in [3.05, 3.63) is 39.9 Å². The molecule has 1 saturated heterocycles. The van der Waals surface area contributed by atoms with Crippen LogP contribution in [0.25, 0.3) is 0 Å². The van der Waals surface area contributed by atoms with Gasteiger partial charge < -0.3 is 19.5 Å². The van der Waals surface area contributed by atoms with Gasteiger partial charge in [0.1, 0.15) is 6.10 Å². The molecule has 1 aliphatic rings. The zero-order chi connectivity index (χ0) is 17.5. The normalized spacial score (nSPS) is 17.4. The van der Waals surface area contributed by atoms with Crippen LogP contribution in [0.3, 0.4) is 0 Å². The van der Waals surface area contributed by atoms with Crippen LogP contribution in [0.4, 0.5) is 10.5 Å². The number of benzene rings is 1. The maximum absolute atomic E-state index is 11.0. The minimum atomic E-state index is -1.33. The van der Waals surface area contributed by atoms with Gasteiger partial charge in [0.05, 0.1) is 11.5 Å². The van der Waals surface area contributed by atoms with Gasteiger partial charge in [0.25, 0.3) is 5.69 Å². The molecule has 0 bridgehead atoms. The number of nitrogens with zero attached hydrogens (tertiary/aromatic N) is 2. The molecule has 8 heteroatoms. The summed E-state index contributed by atoms with van der Waals surface area (Å²) in [7, 11) is 1.66. The molecule has 1 heterocycles. The van der Waals surface area contributed by atoms with Crippen molar-refractivity contribution >= 4 is 11.8 Å². The Morgan fingerprint density at radius 1 is 1.38 bits per heavy atom. The first kappa shape index (κ1) is 18.2. The Bertz CT molecular complexity index is 554. The van der Waals surface area contributed by atoms with E-state index in [1.54, 1.807) is 19.2 Å². The number of piperidine rings is 1. The van der Waals surface area contributed by atoms with Crippen LogP contribution in [0.5, 0.6) is 0 Å². The van der Waals surface area contributed by atoms with E-state index in [1.807, 2.05) is 0 Å².